The molecule has 0 amide bonds. The summed E-state index contributed by atoms with van der Waals surface area (Å²) < 4.78 is 1.53. The van der Waals surface area contributed by atoms with Crippen molar-refractivity contribution in [1.29, 1.82) is 0 Å². The number of aryl methyl sites for hydroxylation is 2. The van der Waals surface area contributed by atoms with Crippen LogP contribution in [0.1, 0.15) is 23.9 Å². The highest BCUT2D eigenvalue weighted by Gasteiger charge is 2.16. The molecule has 90 valence electrons. The number of halogens is 1. The Morgan fingerprint density at radius 1 is 1.41 bits per heavy atom. The van der Waals surface area contributed by atoms with Gasteiger partial charge in [0, 0.05) is 17.3 Å². The lowest BCUT2D eigenvalue weighted by Crippen LogP contribution is -2.01. The fraction of sp³-hybridized carbons (Fsp3) is 0.364. The van der Waals surface area contributed by atoms with Crippen molar-refractivity contribution in [3.05, 3.63) is 34.5 Å². The van der Waals surface area contributed by atoms with Gasteiger partial charge in [-0.15, -0.1) is 0 Å². The number of aliphatic hydroxyl groups excluding tert-OH is 1. The van der Waals surface area contributed by atoms with E-state index in [0.717, 1.165) is 11.4 Å². The molecule has 0 aliphatic heterocycles. The Morgan fingerprint density at radius 3 is 2.71 bits per heavy atom. The minimum absolute atomic E-state index is 0.119. The third kappa shape index (κ3) is 2.16. The van der Waals surface area contributed by atoms with Crippen molar-refractivity contribution in [3.8, 4) is 5.82 Å². The zero-order chi connectivity index (χ0) is 12.4. The van der Waals surface area contributed by atoms with Gasteiger partial charge in [0.2, 0.25) is 0 Å². The van der Waals surface area contributed by atoms with Crippen molar-refractivity contribution in [2.75, 3.05) is 0 Å². The Balaban J connectivity index is 2.56. The lowest BCUT2D eigenvalue weighted by atomic mass is 10.2. The first kappa shape index (κ1) is 12.0. The Hall–Kier alpha value is -1.46. The van der Waals surface area contributed by atoms with Crippen LogP contribution in [0, 0.1) is 6.92 Å². The summed E-state index contributed by atoms with van der Waals surface area (Å²) in [5.74, 6) is 0.608. The van der Waals surface area contributed by atoms with Gasteiger partial charge < -0.3 is 5.11 Å². The molecule has 0 aliphatic rings. The molecule has 0 aromatic carbocycles. The highest BCUT2D eigenvalue weighted by atomic mass is 35.5. The molecular formula is C11H13ClN4O. The van der Waals surface area contributed by atoms with E-state index in [0.29, 0.717) is 23.0 Å². The normalized spacial score (nSPS) is 10.8. The summed E-state index contributed by atoms with van der Waals surface area (Å²) in [6, 6.07) is 1.79. The average Bonchev–Trinajstić information content (AvgIpc) is 2.65. The van der Waals surface area contributed by atoms with Gasteiger partial charge in [0.1, 0.15) is 11.5 Å². The van der Waals surface area contributed by atoms with Crippen LogP contribution in [-0.2, 0) is 13.0 Å². The maximum absolute atomic E-state index is 9.27. The Morgan fingerprint density at radius 2 is 2.18 bits per heavy atom. The van der Waals surface area contributed by atoms with Gasteiger partial charge in [-0.3, -0.25) is 0 Å². The largest absolute Gasteiger partial charge is 0.391 e. The van der Waals surface area contributed by atoms with Crippen LogP contribution in [0.15, 0.2) is 12.4 Å². The molecule has 2 aromatic heterocycles. The zero-order valence-corrected chi connectivity index (χ0v) is 10.4. The van der Waals surface area contributed by atoms with Crippen LogP contribution in [0.5, 0.6) is 0 Å². The maximum atomic E-state index is 9.27. The monoisotopic (exact) mass is 252 g/mol. The maximum Gasteiger partial charge on any atom is 0.158 e. The first-order chi connectivity index (χ1) is 8.17. The van der Waals surface area contributed by atoms with Crippen molar-refractivity contribution in [2.24, 2.45) is 0 Å². The van der Waals surface area contributed by atoms with Crippen LogP contribution in [-0.4, -0.2) is 24.9 Å². The lowest BCUT2D eigenvalue weighted by Gasteiger charge is -2.02. The molecule has 6 heteroatoms. The molecule has 0 atom stereocenters. The zero-order valence-electron chi connectivity index (χ0n) is 9.68. The second kappa shape index (κ2) is 4.81. The quantitative estimate of drug-likeness (QED) is 0.903. The summed E-state index contributed by atoms with van der Waals surface area (Å²) in [5, 5.41) is 14.0. The molecule has 2 aromatic rings. The van der Waals surface area contributed by atoms with Crippen LogP contribution < -0.4 is 0 Å². The van der Waals surface area contributed by atoms with E-state index in [2.05, 4.69) is 15.1 Å². The van der Waals surface area contributed by atoms with Crippen LogP contribution in [0.2, 0.25) is 5.15 Å². The summed E-state index contributed by atoms with van der Waals surface area (Å²) in [6.45, 7) is 3.72. The van der Waals surface area contributed by atoms with Crippen molar-refractivity contribution in [2.45, 2.75) is 26.9 Å². The summed E-state index contributed by atoms with van der Waals surface area (Å²) in [6.07, 6.45) is 2.18. The highest BCUT2D eigenvalue weighted by molar-refractivity contribution is 6.30. The predicted molar refractivity (Wildman–Crippen MR) is 64.2 cm³/mol. The molecule has 0 saturated heterocycles. The van der Waals surface area contributed by atoms with Crippen molar-refractivity contribution in [1.82, 2.24) is 19.7 Å². The van der Waals surface area contributed by atoms with Gasteiger partial charge in [0.15, 0.2) is 5.82 Å². The number of hydrogen-bond donors (Lipinski definition) is 1. The number of rotatable bonds is 3. The van der Waals surface area contributed by atoms with Crippen molar-refractivity contribution in [3.63, 3.8) is 0 Å². The lowest BCUT2D eigenvalue weighted by molar-refractivity contribution is 0.281. The van der Waals surface area contributed by atoms with Gasteiger partial charge >= 0.3 is 0 Å². The molecule has 0 fully saturated rings. The van der Waals surface area contributed by atoms with Crippen molar-refractivity contribution >= 4 is 11.6 Å². The van der Waals surface area contributed by atoms with Crippen LogP contribution in [0.25, 0.3) is 5.82 Å². The molecule has 0 unspecified atom stereocenters. The van der Waals surface area contributed by atoms with E-state index in [4.69, 9.17) is 11.6 Å². The molecule has 2 heterocycles. The summed E-state index contributed by atoms with van der Waals surface area (Å²) in [7, 11) is 0. The van der Waals surface area contributed by atoms with Gasteiger partial charge in [-0.1, -0.05) is 18.5 Å². The van der Waals surface area contributed by atoms with E-state index >= 15 is 0 Å². The Bertz CT molecular complexity index is 538. The van der Waals surface area contributed by atoms with E-state index in [-0.39, 0.29) is 6.61 Å². The van der Waals surface area contributed by atoms with Gasteiger partial charge in [-0.2, -0.15) is 5.10 Å². The summed E-state index contributed by atoms with van der Waals surface area (Å²) in [5.41, 5.74) is 2.28. The molecule has 0 spiro atoms. The first-order valence-corrected chi connectivity index (χ1v) is 5.71. The number of hydrogen-bond acceptors (Lipinski definition) is 4. The molecule has 0 aliphatic carbocycles. The topological polar surface area (TPSA) is 63.8 Å². The summed E-state index contributed by atoms with van der Waals surface area (Å²) in [4.78, 5) is 8.14. The van der Waals surface area contributed by atoms with Crippen LogP contribution in [0.3, 0.4) is 0 Å². The third-order valence-corrected chi connectivity index (χ3v) is 2.89. The minimum atomic E-state index is -0.119. The molecule has 17 heavy (non-hydrogen) atoms. The second-order valence-electron chi connectivity index (χ2n) is 3.66. The molecule has 1 N–H and O–H groups in total. The van der Waals surface area contributed by atoms with Crippen molar-refractivity contribution < 1.29 is 5.11 Å². The number of nitrogens with zero attached hydrogens (tertiary/aromatic N) is 4. The SMILES string of the molecule is CCc1nn(-c2cc(C)ncn2)c(Cl)c1CO. The Kier molecular flexibility index (Phi) is 3.40. The fourth-order valence-corrected chi connectivity index (χ4v) is 1.91. The van der Waals surface area contributed by atoms with Crippen LogP contribution >= 0.6 is 11.6 Å². The van der Waals surface area contributed by atoms with Gasteiger partial charge in [-0.05, 0) is 13.3 Å². The van der Waals surface area contributed by atoms with Gasteiger partial charge in [0.25, 0.3) is 0 Å². The molecular weight excluding hydrogens is 240 g/mol. The average molecular weight is 253 g/mol. The minimum Gasteiger partial charge on any atom is -0.391 e. The van der Waals surface area contributed by atoms with E-state index in [1.54, 1.807) is 6.07 Å². The first-order valence-electron chi connectivity index (χ1n) is 5.33. The van der Waals surface area contributed by atoms with Crippen LogP contribution in [0.4, 0.5) is 0 Å². The molecule has 5 nitrogen and oxygen atoms in total. The number of aromatic nitrogens is 4. The van der Waals surface area contributed by atoms with E-state index in [1.807, 2.05) is 13.8 Å². The highest BCUT2D eigenvalue weighted by Crippen LogP contribution is 2.23. The van der Waals surface area contributed by atoms with Gasteiger partial charge in [0.05, 0.1) is 12.3 Å². The van der Waals surface area contributed by atoms with E-state index in [1.165, 1.54) is 11.0 Å². The van der Waals surface area contributed by atoms with E-state index in [9.17, 15) is 5.11 Å². The third-order valence-electron chi connectivity index (χ3n) is 2.50. The Labute approximate surface area is 104 Å². The molecule has 0 saturated carbocycles. The molecule has 0 bridgehead atoms. The second-order valence-corrected chi connectivity index (χ2v) is 4.02. The van der Waals surface area contributed by atoms with Gasteiger partial charge in [-0.25, -0.2) is 14.6 Å². The molecule has 2 rings (SSSR count). The standard InChI is InChI=1S/C11H13ClN4O/c1-3-9-8(5-17)11(12)16(15-9)10-4-7(2)13-6-14-10/h4,6,17H,3,5H2,1-2H3. The molecule has 0 radical (unpaired) electrons. The smallest absolute Gasteiger partial charge is 0.158 e. The summed E-state index contributed by atoms with van der Waals surface area (Å²) >= 11 is 6.18. The van der Waals surface area contributed by atoms with E-state index < -0.39 is 0 Å². The predicted octanol–water partition coefficient (Wildman–Crippen LogP) is 1.68. The number of aliphatic hydroxyl groups is 1. The fourth-order valence-electron chi connectivity index (χ4n) is 1.62.